The van der Waals surface area contributed by atoms with Crippen LogP contribution in [0.25, 0.3) is 11.0 Å². The van der Waals surface area contributed by atoms with Crippen LogP contribution in [0, 0.1) is 0 Å². The summed E-state index contributed by atoms with van der Waals surface area (Å²) < 4.78 is 38.5. The lowest BCUT2D eigenvalue weighted by atomic mass is 10.0. The van der Waals surface area contributed by atoms with Gasteiger partial charge in [-0.15, -0.1) is 0 Å². The molecule has 4 heterocycles. The molecule has 0 amide bonds. The number of anilines is 1. The number of hydrogen-bond acceptors (Lipinski definition) is 5. The van der Waals surface area contributed by atoms with Gasteiger partial charge in [0.15, 0.2) is 5.65 Å². The van der Waals surface area contributed by atoms with Crippen molar-refractivity contribution in [2.75, 3.05) is 18.0 Å². The van der Waals surface area contributed by atoms with Crippen LogP contribution in [-0.2, 0) is 6.18 Å². The lowest BCUT2D eigenvalue weighted by molar-refractivity contribution is -0.141. The van der Waals surface area contributed by atoms with E-state index in [9.17, 15) is 13.2 Å². The van der Waals surface area contributed by atoms with Crippen LogP contribution in [0.2, 0.25) is 0 Å². The van der Waals surface area contributed by atoms with Gasteiger partial charge in [-0.1, -0.05) is 0 Å². The van der Waals surface area contributed by atoms with Crippen LogP contribution >= 0.6 is 0 Å². The first kappa shape index (κ1) is 15.7. The van der Waals surface area contributed by atoms with E-state index in [2.05, 4.69) is 19.9 Å². The molecule has 3 aromatic rings. The van der Waals surface area contributed by atoms with Gasteiger partial charge in [0.2, 0.25) is 5.95 Å². The van der Waals surface area contributed by atoms with Gasteiger partial charge in [-0.2, -0.15) is 13.2 Å². The summed E-state index contributed by atoms with van der Waals surface area (Å²) in [6.45, 7) is 1.13. The smallest absolute Gasteiger partial charge is 0.340 e. The Balaban J connectivity index is 1.56. The Bertz CT molecular complexity index is 912. The molecule has 1 unspecified atom stereocenters. The van der Waals surface area contributed by atoms with E-state index in [0.717, 1.165) is 29.8 Å². The fourth-order valence-electron chi connectivity index (χ4n) is 3.04. The van der Waals surface area contributed by atoms with Gasteiger partial charge in [-0.05, 0) is 36.8 Å². The lowest BCUT2D eigenvalue weighted by Crippen LogP contribution is -2.23. The van der Waals surface area contributed by atoms with E-state index in [1.165, 1.54) is 0 Å². The highest BCUT2D eigenvalue weighted by Crippen LogP contribution is 2.31. The van der Waals surface area contributed by atoms with E-state index in [4.69, 9.17) is 0 Å². The second-order valence-electron chi connectivity index (χ2n) is 5.96. The predicted octanol–water partition coefficient (Wildman–Crippen LogP) is 3.43. The van der Waals surface area contributed by atoms with Gasteiger partial charge in [-0.3, -0.25) is 0 Å². The number of fused-ring (bicyclic) bond motifs is 1. The number of nitrogens with zero attached hydrogens (tertiary/aromatic N) is 5. The number of hydrogen-bond donors (Lipinski definition) is 0. The van der Waals surface area contributed by atoms with E-state index in [1.54, 1.807) is 11.1 Å². The Labute approximate surface area is 141 Å². The van der Waals surface area contributed by atoms with Crippen LogP contribution in [0.4, 0.5) is 19.1 Å². The maximum absolute atomic E-state index is 12.8. The highest BCUT2D eigenvalue weighted by atomic mass is 19.4. The zero-order valence-electron chi connectivity index (χ0n) is 13.1. The Hall–Kier alpha value is -2.77. The van der Waals surface area contributed by atoms with E-state index < -0.39 is 11.9 Å². The Morgan fingerprint density at radius 2 is 1.88 bits per heavy atom. The van der Waals surface area contributed by atoms with Gasteiger partial charge in [0.1, 0.15) is 5.69 Å². The van der Waals surface area contributed by atoms with Gasteiger partial charge >= 0.3 is 6.18 Å². The first-order valence-corrected chi connectivity index (χ1v) is 7.87. The number of rotatable bonds is 2. The minimum Gasteiger partial charge on any atom is -0.340 e. The van der Waals surface area contributed by atoms with E-state index >= 15 is 0 Å². The molecule has 1 fully saturated rings. The lowest BCUT2D eigenvalue weighted by Gasteiger charge is -2.17. The molecular formula is C17H14F3N5. The fraction of sp³-hybridized carbons (Fsp3) is 0.294. The van der Waals surface area contributed by atoms with E-state index in [1.807, 2.05) is 24.3 Å². The molecule has 0 N–H and O–H groups in total. The Morgan fingerprint density at radius 3 is 2.72 bits per heavy atom. The molecule has 1 aliphatic heterocycles. The number of halogens is 3. The summed E-state index contributed by atoms with van der Waals surface area (Å²) in [5.74, 6) is 0.223. The fourth-order valence-corrected chi connectivity index (χ4v) is 3.04. The second-order valence-corrected chi connectivity index (χ2v) is 5.96. The molecule has 8 heteroatoms. The molecule has 1 aliphatic rings. The first-order chi connectivity index (χ1) is 12.0. The van der Waals surface area contributed by atoms with Gasteiger partial charge in [0.25, 0.3) is 0 Å². The largest absolute Gasteiger partial charge is 0.433 e. The summed E-state index contributed by atoms with van der Waals surface area (Å²) in [5.41, 5.74) is 0.642. The highest BCUT2D eigenvalue weighted by molar-refractivity contribution is 5.74. The van der Waals surface area contributed by atoms with Crippen molar-refractivity contribution in [2.24, 2.45) is 0 Å². The van der Waals surface area contributed by atoms with Crippen molar-refractivity contribution in [1.82, 2.24) is 19.9 Å². The van der Waals surface area contributed by atoms with Crippen LogP contribution < -0.4 is 4.90 Å². The molecule has 3 aromatic heterocycles. The first-order valence-electron chi connectivity index (χ1n) is 7.87. The molecular weight excluding hydrogens is 331 g/mol. The molecule has 4 rings (SSSR count). The molecule has 25 heavy (non-hydrogen) atoms. The van der Waals surface area contributed by atoms with Crippen molar-refractivity contribution in [3.8, 4) is 0 Å². The molecule has 0 bridgehead atoms. The van der Waals surface area contributed by atoms with Crippen LogP contribution in [0.5, 0.6) is 0 Å². The van der Waals surface area contributed by atoms with Gasteiger partial charge in [0, 0.05) is 42.5 Å². The topological polar surface area (TPSA) is 54.8 Å². The molecule has 0 radical (unpaired) electrons. The predicted molar refractivity (Wildman–Crippen MR) is 86.1 cm³/mol. The molecule has 0 aliphatic carbocycles. The summed E-state index contributed by atoms with van der Waals surface area (Å²) in [6, 6.07) is 8.59. The minimum absolute atomic E-state index is 0.108. The standard InChI is InChI=1S/C17H14F3N5/c18-17(19,20)14-5-8-22-16(24-14)25-9-6-12(10-25)13-4-3-11-2-1-7-21-15(11)23-13/h1-5,7-8,12H,6,9-10H2. The quantitative estimate of drug-likeness (QED) is 0.712. The maximum Gasteiger partial charge on any atom is 0.433 e. The summed E-state index contributed by atoms with van der Waals surface area (Å²) in [5, 5.41) is 0.960. The summed E-state index contributed by atoms with van der Waals surface area (Å²) in [7, 11) is 0. The van der Waals surface area contributed by atoms with Crippen LogP contribution in [0.3, 0.4) is 0 Å². The van der Waals surface area contributed by atoms with Crippen molar-refractivity contribution in [1.29, 1.82) is 0 Å². The van der Waals surface area contributed by atoms with Crippen molar-refractivity contribution >= 4 is 17.0 Å². The SMILES string of the molecule is FC(F)(F)c1ccnc(N2CCC(c3ccc4cccnc4n3)C2)n1. The van der Waals surface area contributed by atoms with Gasteiger partial charge in [-0.25, -0.2) is 19.9 Å². The Morgan fingerprint density at radius 1 is 1.00 bits per heavy atom. The molecule has 1 saturated heterocycles. The normalized spacial score (nSPS) is 18.0. The summed E-state index contributed by atoms with van der Waals surface area (Å²) in [6.07, 6.45) is -0.847. The zero-order chi connectivity index (χ0) is 17.4. The third kappa shape index (κ3) is 3.11. The highest BCUT2D eigenvalue weighted by Gasteiger charge is 2.34. The second kappa shape index (κ2) is 5.94. The maximum atomic E-state index is 12.8. The minimum atomic E-state index is -4.47. The van der Waals surface area contributed by atoms with Gasteiger partial charge < -0.3 is 4.90 Å². The third-order valence-electron chi connectivity index (χ3n) is 4.31. The molecule has 0 spiro atoms. The average molecular weight is 345 g/mol. The Kier molecular flexibility index (Phi) is 3.74. The summed E-state index contributed by atoms with van der Waals surface area (Å²) in [4.78, 5) is 18.3. The monoisotopic (exact) mass is 345 g/mol. The molecule has 1 atom stereocenters. The molecule has 0 aromatic carbocycles. The molecule has 5 nitrogen and oxygen atoms in total. The van der Waals surface area contributed by atoms with Crippen molar-refractivity contribution in [3.63, 3.8) is 0 Å². The van der Waals surface area contributed by atoms with Crippen LogP contribution in [-0.4, -0.2) is 33.0 Å². The summed E-state index contributed by atoms with van der Waals surface area (Å²) >= 11 is 0. The average Bonchev–Trinajstić information content (AvgIpc) is 3.11. The van der Waals surface area contributed by atoms with Crippen LogP contribution in [0.15, 0.2) is 42.7 Å². The third-order valence-corrected chi connectivity index (χ3v) is 4.31. The van der Waals surface area contributed by atoms with Crippen molar-refractivity contribution < 1.29 is 13.2 Å². The van der Waals surface area contributed by atoms with Crippen LogP contribution in [0.1, 0.15) is 23.7 Å². The van der Waals surface area contributed by atoms with Crippen molar-refractivity contribution in [3.05, 3.63) is 54.1 Å². The van der Waals surface area contributed by atoms with Crippen molar-refractivity contribution in [2.45, 2.75) is 18.5 Å². The van der Waals surface area contributed by atoms with E-state index in [-0.39, 0.29) is 11.9 Å². The number of alkyl halides is 3. The zero-order valence-corrected chi connectivity index (χ0v) is 13.1. The molecule has 0 saturated carbocycles. The van der Waals surface area contributed by atoms with E-state index in [0.29, 0.717) is 18.7 Å². The number of aromatic nitrogens is 4. The van der Waals surface area contributed by atoms with Gasteiger partial charge in [0.05, 0.1) is 0 Å². The number of pyridine rings is 2. The molecule has 128 valence electrons.